The van der Waals surface area contributed by atoms with E-state index in [4.69, 9.17) is 0 Å². The van der Waals surface area contributed by atoms with Gasteiger partial charge in [0.25, 0.3) is 0 Å². The van der Waals surface area contributed by atoms with E-state index < -0.39 is 0 Å². The molecule has 21 heavy (non-hydrogen) atoms. The molecule has 1 fully saturated rings. The SMILES string of the molecule is C[C@H]1C[C@@H](C(=O)Nc2cn[nH]c2-c2ccccc2)CCN1. The average molecular weight is 284 g/mol. The van der Waals surface area contributed by atoms with E-state index in [0.29, 0.717) is 6.04 Å². The van der Waals surface area contributed by atoms with E-state index in [1.54, 1.807) is 6.20 Å². The molecule has 0 saturated carbocycles. The molecule has 1 amide bonds. The lowest BCUT2D eigenvalue weighted by Crippen LogP contribution is -2.40. The van der Waals surface area contributed by atoms with Crippen molar-refractivity contribution < 1.29 is 4.79 Å². The number of aromatic nitrogens is 2. The summed E-state index contributed by atoms with van der Waals surface area (Å²) >= 11 is 0. The number of benzene rings is 1. The Kier molecular flexibility index (Phi) is 4.01. The molecule has 0 aliphatic carbocycles. The zero-order chi connectivity index (χ0) is 14.7. The van der Waals surface area contributed by atoms with Crippen molar-refractivity contribution >= 4 is 11.6 Å². The third-order valence-corrected chi connectivity index (χ3v) is 3.95. The number of rotatable bonds is 3. The van der Waals surface area contributed by atoms with Crippen molar-refractivity contribution in [2.45, 2.75) is 25.8 Å². The lowest BCUT2D eigenvalue weighted by Gasteiger charge is -2.27. The van der Waals surface area contributed by atoms with Crippen molar-refractivity contribution in [2.75, 3.05) is 11.9 Å². The minimum Gasteiger partial charge on any atom is -0.323 e. The van der Waals surface area contributed by atoms with Crippen LogP contribution in [0.4, 0.5) is 5.69 Å². The van der Waals surface area contributed by atoms with Crippen LogP contribution in [0.25, 0.3) is 11.3 Å². The van der Waals surface area contributed by atoms with Crippen LogP contribution < -0.4 is 10.6 Å². The van der Waals surface area contributed by atoms with E-state index in [1.165, 1.54) is 0 Å². The molecule has 110 valence electrons. The first-order valence-electron chi connectivity index (χ1n) is 7.37. The molecule has 0 bridgehead atoms. The van der Waals surface area contributed by atoms with Crippen LogP contribution in [-0.2, 0) is 4.79 Å². The van der Waals surface area contributed by atoms with Crippen LogP contribution in [0.5, 0.6) is 0 Å². The topological polar surface area (TPSA) is 69.8 Å². The third kappa shape index (κ3) is 3.13. The van der Waals surface area contributed by atoms with Gasteiger partial charge in [-0.25, -0.2) is 0 Å². The van der Waals surface area contributed by atoms with E-state index >= 15 is 0 Å². The number of nitrogens with zero attached hydrogens (tertiary/aromatic N) is 1. The van der Waals surface area contributed by atoms with Crippen LogP contribution in [-0.4, -0.2) is 28.7 Å². The van der Waals surface area contributed by atoms with Gasteiger partial charge in [-0.3, -0.25) is 9.89 Å². The summed E-state index contributed by atoms with van der Waals surface area (Å²) in [4.78, 5) is 12.4. The molecule has 0 spiro atoms. The normalized spacial score (nSPS) is 22.0. The summed E-state index contributed by atoms with van der Waals surface area (Å²) in [7, 11) is 0. The van der Waals surface area contributed by atoms with Gasteiger partial charge in [0.2, 0.25) is 5.91 Å². The molecule has 1 saturated heterocycles. The molecule has 0 unspecified atom stereocenters. The van der Waals surface area contributed by atoms with Gasteiger partial charge in [0.15, 0.2) is 0 Å². The van der Waals surface area contributed by atoms with E-state index in [9.17, 15) is 4.79 Å². The molecule has 3 N–H and O–H groups in total. The third-order valence-electron chi connectivity index (χ3n) is 3.95. The highest BCUT2D eigenvalue weighted by Crippen LogP contribution is 2.26. The Balaban J connectivity index is 1.74. The van der Waals surface area contributed by atoms with Gasteiger partial charge in [0, 0.05) is 17.5 Å². The Morgan fingerprint density at radius 1 is 1.33 bits per heavy atom. The van der Waals surface area contributed by atoms with Crippen molar-refractivity contribution in [3.63, 3.8) is 0 Å². The van der Waals surface area contributed by atoms with Gasteiger partial charge < -0.3 is 10.6 Å². The van der Waals surface area contributed by atoms with E-state index in [1.807, 2.05) is 30.3 Å². The lowest BCUT2D eigenvalue weighted by atomic mass is 9.92. The second kappa shape index (κ2) is 6.10. The quantitative estimate of drug-likeness (QED) is 0.810. The number of piperidine rings is 1. The highest BCUT2D eigenvalue weighted by Gasteiger charge is 2.25. The smallest absolute Gasteiger partial charge is 0.227 e. The summed E-state index contributed by atoms with van der Waals surface area (Å²) in [5.74, 6) is 0.154. The van der Waals surface area contributed by atoms with Crippen molar-refractivity contribution in [3.05, 3.63) is 36.5 Å². The maximum atomic E-state index is 12.4. The van der Waals surface area contributed by atoms with Gasteiger partial charge >= 0.3 is 0 Å². The average Bonchev–Trinajstić information content (AvgIpc) is 2.96. The van der Waals surface area contributed by atoms with Crippen molar-refractivity contribution in [2.24, 2.45) is 5.92 Å². The molecule has 2 heterocycles. The number of carbonyl (C=O) groups is 1. The fourth-order valence-electron chi connectivity index (χ4n) is 2.81. The van der Waals surface area contributed by atoms with Gasteiger partial charge in [-0.15, -0.1) is 0 Å². The highest BCUT2D eigenvalue weighted by atomic mass is 16.1. The van der Waals surface area contributed by atoms with E-state index in [-0.39, 0.29) is 11.8 Å². The molecule has 3 rings (SSSR count). The van der Waals surface area contributed by atoms with Gasteiger partial charge in [-0.2, -0.15) is 5.10 Å². The molecule has 1 aliphatic rings. The van der Waals surface area contributed by atoms with Crippen molar-refractivity contribution in [1.29, 1.82) is 0 Å². The molecule has 2 atom stereocenters. The van der Waals surface area contributed by atoms with Gasteiger partial charge in [0.1, 0.15) is 0 Å². The van der Waals surface area contributed by atoms with Gasteiger partial charge in [0.05, 0.1) is 17.6 Å². The minimum absolute atomic E-state index is 0.0692. The zero-order valence-corrected chi connectivity index (χ0v) is 12.1. The Morgan fingerprint density at radius 3 is 2.90 bits per heavy atom. The standard InChI is InChI=1S/C16H20N4O/c1-11-9-13(7-8-17-11)16(21)19-14-10-18-20-15(14)12-5-3-2-4-6-12/h2-6,10-11,13,17H,7-9H2,1H3,(H,18,20)(H,19,21)/t11-,13-/m0/s1. The molecule has 5 nitrogen and oxygen atoms in total. The fraction of sp³-hybridized carbons (Fsp3) is 0.375. The number of nitrogens with one attached hydrogen (secondary N) is 3. The second-order valence-electron chi connectivity index (χ2n) is 5.59. The van der Waals surface area contributed by atoms with Gasteiger partial charge in [-0.05, 0) is 26.3 Å². The monoisotopic (exact) mass is 284 g/mol. The van der Waals surface area contributed by atoms with Gasteiger partial charge in [-0.1, -0.05) is 30.3 Å². The number of aromatic amines is 1. The van der Waals surface area contributed by atoms with Crippen LogP contribution in [0, 0.1) is 5.92 Å². The number of anilines is 1. The molecule has 1 aromatic heterocycles. The van der Waals surface area contributed by atoms with Crippen LogP contribution >= 0.6 is 0 Å². The summed E-state index contributed by atoms with van der Waals surface area (Å²) in [6.45, 7) is 3.02. The fourth-order valence-corrected chi connectivity index (χ4v) is 2.81. The largest absolute Gasteiger partial charge is 0.323 e. The summed E-state index contributed by atoms with van der Waals surface area (Å²) < 4.78 is 0. The molecule has 0 radical (unpaired) electrons. The van der Waals surface area contributed by atoms with E-state index in [2.05, 4.69) is 27.8 Å². The first-order valence-corrected chi connectivity index (χ1v) is 7.37. The molecular weight excluding hydrogens is 264 g/mol. The van der Waals surface area contributed by atoms with E-state index in [0.717, 1.165) is 36.3 Å². The molecular formula is C16H20N4O. The summed E-state index contributed by atoms with van der Waals surface area (Å²) in [5.41, 5.74) is 2.62. The number of hydrogen-bond donors (Lipinski definition) is 3. The zero-order valence-electron chi connectivity index (χ0n) is 12.1. The predicted molar refractivity (Wildman–Crippen MR) is 82.8 cm³/mol. The maximum Gasteiger partial charge on any atom is 0.227 e. The number of hydrogen-bond acceptors (Lipinski definition) is 3. The molecule has 1 aromatic carbocycles. The maximum absolute atomic E-state index is 12.4. The predicted octanol–water partition coefficient (Wildman–Crippen LogP) is 2.40. The van der Waals surface area contributed by atoms with Crippen LogP contribution in [0.2, 0.25) is 0 Å². The van der Waals surface area contributed by atoms with Crippen LogP contribution in [0.15, 0.2) is 36.5 Å². The number of amides is 1. The van der Waals surface area contributed by atoms with Crippen molar-refractivity contribution in [1.82, 2.24) is 15.5 Å². The summed E-state index contributed by atoms with van der Waals surface area (Å²) in [5, 5.41) is 13.4. The molecule has 2 aromatic rings. The summed E-state index contributed by atoms with van der Waals surface area (Å²) in [6.07, 6.45) is 3.43. The second-order valence-corrected chi connectivity index (χ2v) is 5.59. The Hall–Kier alpha value is -2.14. The minimum atomic E-state index is 0.0692. The molecule has 1 aliphatic heterocycles. The van der Waals surface area contributed by atoms with Crippen LogP contribution in [0.3, 0.4) is 0 Å². The number of H-pyrrole nitrogens is 1. The Labute approximate surface area is 124 Å². The Morgan fingerprint density at radius 2 is 2.14 bits per heavy atom. The lowest BCUT2D eigenvalue weighted by molar-refractivity contribution is -0.120. The number of carbonyl (C=O) groups excluding carboxylic acids is 1. The van der Waals surface area contributed by atoms with Crippen molar-refractivity contribution in [3.8, 4) is 11.3 Å². The first kappa shape index (κ1) is 13.8. The van der Waals surface area contributed by atoms with Crippen LogP contribution in [0.1, 0.15) is 19.8 Å². The highest BCUT2D eigenvalue weighted by molar-refractivity contribution is 5.95. The molecule has 5 heteroatoms. The first-order chi connectivity index (χ1) is 10.2. The Bertz CT molecular complexity index is 608. The summed E-state index contributed by atoms with van der Waals surface area (Å²) in [6, 6.07) is 10.3.